The molecule has 0 saturated heterocycles. The third-order valence-electron chi connectivity index (χ3n) is 4.59. The van der Waals surface area contributed by atoms with Crippen LogP contribution in [0.15, 0.2) is 54.9 Å². The molecular formula is C21H18FN5O3S. The molecule has 0 radical (unpaired) electrons. The molecule has 31 heavy (non-hydrogen) atoms. The quantitative estimate of drug-likeness (QED) is 0.304. The third-order valence-corrected chi connectivity index (χ3v) is 5.43. The summed E-state index contributed by atoms with van der Waals surface area (Å²) in [5.74, 6) is 0.241. The molecule has 1 N–H and O–H groups in total. The molecule has 8 nitrogen and oxygen atoms in total. The largest absolute Gasteiger partial charge is 0.494 e. The number of anilines is 2. The van der Waals surface area contributed by atoms with E-state index in [4.69, 9.17) is 4.74 Å². The zero-order valence-corrected chi connectivity index (χ0v) is 17.5. The van der Waals surface area contributed by atoms with Crippen molar-refractivity contribution in [3.63, 3.8) is 0 Å². The Bertz CT molecular complexity index is 1280. The van der Waals surface area contributed by atoms with E-state index in [1.165, 1.54) is 7.11 Å². The number of fused-ring (bicyclic) bond motifs is 1. The van der Waals surface area contributed by atoms with Gasteiger partial charge in [-0.3, -0.25) is 14.1 Å². The average Bonchev–Trinajstić information content (AvgIpc) is 3.13. The number of nitro benzene ring substituents is 1. The Balaban J connectivity index is 1.75. The van der Waals surface area contributed by atoms with E-state index in [-0.39, 0.29) is 17.4 Å². The molecule has 0 saturated carbocycles. The fourth-order valence-corrected chi connectivity index (χ4v) is 4.00. The van der Waals surface area contributed by atoms with Crippen molar-refractivity contribution >= 4 is 40.2 Å². The van der Waals surface area contributed by atoms with E-state index in [2.05, 4.69) is 26.2 Å². The molecule has 0 aliphatic rings. The van der Waals surface area contributed by atoms with Crippen molar-refractivity contribution in [3.8, 4) is 17.0 Å². The maximum Gasteiger partial charge on any atom is 0.307 e. The Hall–Kier alpha value is -3.66. The number of para-hydroxylation sites is 1. The number of aromatic nitrogens is 3. The molecule has 10 heteroatoms. The van der Waals surface area contributed by atoms with Crippen molar-refractivity contribution in [2.45, 2.75) is 6.92 Å². The number of ether oxygens (including phenoxy) is 1. The topological polar surface area (TPSA) is 95.1 Å². The lowest BCUT2D eigenvalue weighted by Gasteiger charge is -2.11. The van der Waals surface area contributed by atoms with Crippen LogP contribution in [0.5, 0.6) is 5.75 Å². The Kier molecular flexibility index (Phi) is 5.72. The van der Waals surface area contributed by atoms with E-state index >= 15 is 0 Å². The van der Waals surface area contributed by atoms with Crippen LogP contribution in [0.2, 0.25) is 0 Å². The van der Waals surface area contributed by atoms with Crippen LogP contribution >= 0.6 is 11.9 Å². The van der Waals surface area contributed by atoms with Crippen molar-refractivity contribution in [2.24, 2.45) is 0 Å². The monoisotopic (exact) mass is 439 g/mol. The van der Waals surface area contributed by atoms with Crippen molar-refractivity contribution in [2.75, 3.05) is 18.2 Å². The Morgan fingerprint density at radius 1 is 1.29 bits per heavy atom. The first-order valence-corrected chi connectivity index (χ1v) is 10.3. The summed E-state index contributed by atoms with van der Waals surface area (Å²) < 4.78 is 21.2. The summed E-state index contributed by atoms with van der Waals surface area (Å²) in [6.07, 6.45) is 3.61. The molecule has 0 fully saturated rings. The summed E-state index contributed by atoms with van der Waals surface area (Å²) in [4.78, 5) is 19.1. The number of hydrogen-bond acceptors (Lipinski definition) is 7. The number of nitrogens with one attached hydrogen (secondary N) is 1. The SMILES string of the molecule is CCSn1cc(-c2ccnc(Nc3cc([N+](=O)[O-])c(F)cc3OC)n2)c2ccccc21. The first-order valence-electron chi connectivity index (χ1n) is 9.37. The van der Waals surface area contributed by atoms with Gasteiger partial charge in [0.15, 0.2) is 0 Å². The highest BCUT2D eigenvalue weighted by Gasteiger charge is 2.20. The zero-order chi connectivity index (χ0) is 22.0. The van der Waals surface area contributed by atoms with Gasteiger partial charge in [-0.2, -0.15) is 4.39 Å². The van der Waals surface area contributed by atoms with Gasteiger partial charge in [0.05, 0.1) is 28.9 Å². The maximum absolute atomic E-state index is 13.9. The summed E-state index contributed by atoms with van der Waals surface area (Å²) in [5.41, 5.74) is 2.21. The minimum Gasteiger partial charge on any atom is -0.494 e. The van der Waals surface area contributed by atoms with Crippen LogP contribution in [-0.4, -0.2) is 31.7 Å². The predicted molar refractivity (Wildman–Crippen MR) is 119 cm³/mol. The molecule has 0 amide bonds. The lowest BCUT2D eigenvalue weighted by Crippen LogP contribution is -2.02. The van der Waals surface area contributed by atoms with Gasteiger partial charge in [-0.15, -0.1) is 0 Å². The lowest BCUT2D eigenvalue weighted by molar-refractivity contribution is -0.387. The van der Waals surface area contributed by atoms with Crippen molar-refractivity contribution in [1.29, 1.82) is 0 Å². The number of hydrogen-bond donors (Lipinski definition) is 1. The van der Waals surface area contributed by atoms with Gasteiger partial charge in [0.2, 0.25) is 11.8 Å². The number of rotatable bonds is 7. The lowest BCUT2D eigenvalue weighted by atomic mass is 10.1. The molecule has 4 rings (SSSR count). The highest BCUT2D eigenvalue weighted by atomic mass is 32.2. The van der Waals surface area contributed by atoms with Gasteiger partial charge >= 0.3 is 5.69 Å². The van der Waals surface area contributed by atoms with Gasteiger partial charge in [-0.05, 0) is 24.1 Å². The summed E-state index contributed by atoms with van der Waals surface area (Å²) in [7, 11) is 1.35. The van der Waals surface area contributed by atoms with Gasteiger partial charge in [0.25, 0.3) is 0 Å². The first kappa shape index (κ1) is 20.6. The van der Waals surface area contributed by atoms with Gasteiger partial charge in [0, 0.05) is 41.2 Å². The van der Waals surface area contributed by atoms with Crippen LogP contribution in [0.4, 0.5) is 21.7 Å². The second kappa shape index (κ2) is 8.60. The maximum atomic E-state index is 13.9. The van der Waals surface area contributed by atoms with Gasteiger partial charge in [-0.25, -0.2) is 9.97 Å². The molecule has 4 aromatic rings. The van der Waals surface area contributed by atoms with E-state index < -0.39 is 16.4 Å². The molecular weight excluding hydrogens is 421 g/mol. The van der Waals surface area contributed by atoms with E-state index in [0.29, 0.717) is 5.69 Å². The zero-order valence-electron chi connectivity index (χ0n) is 16.7. The Morgan fingerprint density at radius 3 is 2.84 bits per heavy atom. The molecule has 0 atom stereocenters. The standard InChI is InChI=1S/C21H18FN5O3S/c1-3-31-26-12-14(13-6-4-5-7-18(13)26)16-8-9-23-21(24-16)25-17-11-19(27(28)29)15(22)10-20(17)30-2/h4-12H,3H2,1-2H3,(H,23,24,25). The highest BCUT2D eigenvalue weighted by Crippen LogP contribution is 2.35. The van der Waals surface area contributed by atoms with Gasteiger partial charge in [0.1, 0.15) is 5.75 Å². The van der Waals surface area contributed by atoms with Crippen molar-refractivity contribution in [1.82, 2.24) is 13.9 Å². The number of benzene rings is 2. The van der Waals surface area contributed by atoms with Crippen LogP contribution in [0.3, 0.4) is 0 Å². The molecule has 0 aliphatic heterocycles. The van der Waals surface area contributed by atoms with E-state index in [1.807, 2.05) is 30.5 Å². The fourth-order valence-electron chi connectivity index (χ4n) is 3.24. The minimum atomic E-state index is -0.983. The molecule has 2 heterocycles. The highest BCUT2D eigenvalue weighted by molar-refractivity contribution is 7.97. The predicted octanol–water partition coefficient (Wildman–Crippen LogP) is 5.41. The van der Waals surface area contributed by atoms with Crippen LogP contribution in [0.1, 0.15) is 6.92 Å². The first-order chi connectivity index (χ1) is 15.0. The Morgan fingerprint density at radius 2 is 2.10 bits per heavy atom. The van der Waals surface area contributed by atoms with Gasteiger partial charge in [-0.1, -0.05) is 25.1 Å². The normalized spacial score (nSPS) is 10.9. The smallest absolute Gasteiger partial charge is 0.307 e. The second-order valence-electron chi connectivity index (χ2n) is 6.45. The van der Waals surface area contributed by atoms with Crippen molar-refractivity contribution < 1.29 is 14.1 Å². The number of methoxy groups -OCH3 is 1. The fraction of sp³-hybridized carbons (Fsp3) is 0.143. The summed E-state index contributed by atoms with van der Waals surface area (Å²) in [6.45, 7) is 2.08. The molecule has 0 bridgehead atoms. The van der Waals surface area contributed by atoms with E-state index in [0.717, 1.165) is 34.4 Å². The van der Waals surface area contributed by atoms with Crippen molar-refractivity contribution in [3.05, 3.63) is 70.8 Å². The molecule has 2 aromatic carbocycles. The van der Waals surface area contributed by atoms with E-state index in [9.17, 15) is 14.5 Å². The summed E-state index contributed by atoms with van der Waals surface area (Å²) in [6, 6.07) is 11.8. The van der Waals surface area contributed by atoms with E-state index in [1.54, 1.807) is 24.2 Å². The van der Waals surface area contributed by atoms with Crippen LogP contribution in [0, 0.1) is 15.9 Å². The second-order valence-corrected chi connectivity index (χ2v) is 7.68. The molecule has 158 valence electrons. The average molecular weight is 439 g/mol. The molecule has 2 aromatic heterocycles. The van der Waals surface area contributed by atoms with Crippen LogP contribution in [-0.2, 0) is 0 Å². The molecule has 0 unspecified atom stereocenters. The minimum absolute atomic E-state index is 0.105. The molecule has 0 aliphatic carbocycles. The Labute approximate surface area is 181 Å². The third kappa shape index (κ3) is 4.02. The number of nitrogens with zero attached hydrogens (tertiary/aromatic N) is 4. The van der Waals surface area contributed by atoms with Gasteiger partial charge < -0.3 is 10.1 Å². The molecule has 0 spiro atoms. The van der Waals surface area contributed by atoms with Crippen LogP contribution in [0.25, 0.3) is 22.2 Å². The number of nitro groups is 1. The number of halogens is 1. The van der Waals surface area contributed by atoms with Crippen LogP contribution < -0.4 is 10.1 Å². The summed E-state index contributed by atoms with van der Waals surface area (Å²) in [5, 5.41) is 15.1. The summed E-state index contributed by atoms with van der Waals surface area (Å²) >= 11 is 1.68.